The third kappa shape index (κ3) is 9.03. The van der Waals surface area contributed by atoms with Gasteiger partial charge in [-0.2, -0.15) is 0 Å². The van der Waals surface area contributed by atoms with Crippen LogP contribution in [0.4, 0.5) is 0 Å². The van der Waals surface area contributed by atoms with Gasteiger partial charge in [-0.3, -0.25) is 0 Å². The second-order valence-electron chi connectivity index (χ2n) is 4.88. The Morgan fingerprint density at radius 1 is 0.722 bits per heavy atom. The molecule has 1 rings (SSSR count). The van der Waals surface area contributed by atoms with Gasteiger partial charge in [0.1, 0.15) is 0 Å². The van der Waals surface area contributed by atoms with Crippen molar-refractivity contribution in [1.29, 1.82) is 0 Å². The Bertz CT molecular complexity index is 266. The molecular weight excluding hydrogens is 224 g/mol. The van der Waals surface area contributed by atoms with Crippen molar-refractivity contribution in [3.8, 4) is 0 Å². The van der Waals surface area contributed by atoms with Crippen molar-refractivity contribution < 1.29 is 9.53 Å². The molecule has 0 aliphatic carbocycles. The van der Waals surface area contributed by atoms with Crippen molar-refractivity contribution in [3.63, 3.8) is 0 Å². The fourth-order valence-electron chi connectivity index (χ4n) is 2.08. The molecule has 1 heterocycles. The highest BCUT2D eigenvalue weighted by atomic mass is 16.5. The van der Waals surface area contributed by atoms with E-state index in [0.29, 0.717) is 6.61 Å². The normalized spacial score (nSPS) is 24.8. The quantitative estimate of drug-likeness (QED) is 0.465. The van der Waals surface area contributed by atoms with E-state index in [9.17, 15) is 4.79 Å². The molecule has 18 heavy (non-hydrogen) atoms. The van der Waals surface area contributed by atoms with Gasteiger partial charge in [0.2, 0.25) is 0 Å². The van der Waals surface area contributed by atoms with Crippen LogP contribution in [-0.4, -0.2) is 12.6 Å². The van der Waals surface area contributed by atoms with Crippen LogP contribution < -0.4 is 0 Å². The summed E-state index contributed by atoms with van der Waals surface area (Å²) in [5.74, 6) is -0.191. The first-order chi connectivity index (χ1) is 8.89. The zero-order valence-corrected chi connectivity index (χ0v) is 11.4. The van der Waals surface area contributed by atoms with Crippen LogP contribution in [0.1, 0.15) is 64.2 Å². The van der Waals surface area contributed by atoms with Crippen molar-refractivity contribution in [1.82, 2.24) is 0 Å². The zero-order chi connectivity index (χ0) is 12.9. The van der Waals surface area contributed by atoms with Crippen molar-refractivity contribution in [2.45, 2.75) is 64.2 Å². The minimum atomic E-state index is -0.191. The summed E-state index contributed by atoms with van der Waals surface area (Å²) in [5.41, 5.74) is 0. The topological polar surface area (TPSA) is 26.3 Å². The van der Waals surface area contributed by atoms with Crippen LogP contribution in [0.2, 0.25) is 0 Å². The Morgan fingerprint density at radius 2 is 1.33 bits per heavy atom. The summed E-state index contributed by atoms with van der Waals surface area (Å²) >= 11 is 0. The number of cyclic esters (lactones) is 1. The summed E-state index contributed by atoms with van der Waals surface area (Å²) in [5, 5.41) is 0. The van der Waals surface area contributed by atoms with Gasteiger partial charge >= 0.3 is 5.97 Å². The number of hydrogen-bond acceptors (Lipinski definition) is 2. The summed E-state index contributed by atoms with van der Waals surface area (Å²) in [6.45, 7) is 0.572. The average Bonchev–Trinajstić information content (AvgIpc) is 2.37. The van der Waals surface area contributed by atoms with Gasteiger partial charge in [0.15, 0.2) is 0 Å². The lowest BCUT2D eigenvalue weighted by Crippen LogP contribution is -2.02. The highest BCUT2D eigenvalue weighted by Crippen LogP contribution is 2.09. The van der Waals surface area contributed by atoms with Crippen molar-refractivity contribution >= 4 is 5.97 Å². The summed E-state index contributed by atoms with van der Waals surface area (Å²) < 4.78 is 5.12. The maximum absolute atomic E-state index is 11.3. The smallest absolute Gasteiger partial charge is 0.330 e. The van der Waals surface area contributed by atoms with E-state index in [1.165, 1.54) is 44.9 Å². The van der Waals surface area contributed by atoms with Gasteiger partial charge in [0.05, 0.1) is 6.61 Å². The van der Waals surface area contributed by atoms with Crippen LogP contribution in [0.15, 0.2) is 24.3 Å². The van der Waals surface area contributed by atoms with Gasteiger partial charge in [-0.25, -0.2) is 4.79 Å². The van der Waals surface area contributed by atoms with E-state index in [1.807, 2.05) is 6.08 Å². The number of carbonyl (C=O) groups excluding carboxylic acids is 1. The Kier molecular flexibility index (Phi) is 9.23. The van der Waals surface area contributed by atoms with Crippen LogP contribution in [0.3, 0.4) is 0 Å². The van der Waals surface area contributed by atoms with Gasteiger partial charge < -0.3 is 4.74 Å². The lowest BCUT2D eigenvalue weighted by atomic mass is 10.1. The Morgan fingerprint density at radius 3 is 2.17 bits per heavy atom. The molecule has 1 aliphatic rings. The first kappa shape index (κ1) is 15.0. The molecule has 0 aromatic heterocycles. The minimum absolute atomic E-state index is 0.191. The highest BCUT2D eigenvalue weighted by Gasteiger charge is 1.97. The molecule has 0 saturated heterocycles. The molecule has 2 heteroatoms. The molecule has 0 fully saturated rings. The minimum Gasteiger partial charge on any atom is -0.463 e. The first-order valence-electron chi connectivity index (χ1n) is 7.38. The third-order valence-electron chi connectivity index (χ3n) is 3.18. The second kappa shape index (κ2) is 11.1. The van der Waals surface area contributed by atoms with Gasteiger partial charge in [0.25, 0.3) is 0 Å². The molecule has 0 N–H and O–H groups in total. The first-order valence-corrected chi connectivity index (χ1v) is 7.38. The van der Waals surface area contributed by atoms with Gasteiger partial charge in [-0.1, -0.05) is 50.3 Å². The highest BCUT2D eigenvalue weighted by molar-refractivity contribution is 5.81. The van der Waals surface area contributed by atoms with Gasteiger partial charge in [-0.15, -0.1) is 0 Å². The maximum atomic E-state index is 11.3. The molecule has 0 aromatic rings. The molecular formula is C16H26O2. The standard InChI is InChI=1S/C16H26O2/c17-16-14-12-10-8-6-4-2-1-3-5-7-9-11-13-15-18-16/h4,6,12,14H,1-3,5,7-11,13,15H2/b6-4-,14-12-. The Balaban J connectivity index is 2.25. The van der Waals surface area contributed by atoms with Crippen LogP contribution in [-0.2, 0) is 9.53 Å². The zero-order valence-electron chi connectivity index (χ0n) is 11.4. The lowest BCUT2D eigenvalue weighted by molar-refractivity contribution is -0.137. The summed E-state index contributed by atoms with van der Waals surface area (Å²) in [6, 6.07) is 0. The van der Waals surface area contributed by atoms with E-state index in [-0.39, 0.29) is 5.97 Å². The van der Waals surface area contributed by atoms with Crippen LogP contribution in [0.25, 0.3) is 0 Å². The lowest BCUT2D eigenvalue weighted by Gasteiger charge is -2.02. The SMILES string of the molecule is O=C1/C=C\CC/C=C\CCCCCCCCCO1. The number of esters is 1. The number of hydrogen-bond donors (Lipinski definition) is 0. The molecule has 102 valence electrons. The number of ether oxygens (including phenoxy) is 1. The molecule has 0 saturated carbocycles. The van der Waals surface area contributed by atoms with E-state index in [1.54, 1.807) is 6.08 Å². The molecule has 1 aliphatic heterocycles. The van der Waals surface area contributed by atoms with Crippen LogP contribution in [0, 0.1) is 0 Å². The number of rotatable bonds is 0. The summed E-state index contributed by atoms with van der Waals surface area (Å²) in [7, 11) is 0. The number of allylic oxidation sites excluding steroid dienone is 3. The Labute approximate surface area is 111 Å². The molecule has 0 bridgehead atoms. The van der Waals surface area contributed by atoms with Crippen LogP contribution >= 0.6 is 0 Å². The van der Waals surface area contributed by atoms with Crippen molar-refractivity contribution in [3.05, 3.63) is 24.3 Å². The fraction of sp³-hybridized carbons (Fsp3) is 0.688. The van der Waals surface area contributed by atoms with Gasteiger partial charge in [-0.05, 0) is 32.1 Å². The molecule has 2 nitrogen and oxygen atoms in total. The van der Waals surface area contributed by atoms with Gasteiger partial charge in [0, 0.05) is 6.08 Å². The van der Waals surface area contributed by atoms with Crippen molar-refractivity contribution in [2.75, 3.05) is 6.61 Å². The molecule has 0 unspecified atom stereocenters. The molecule has 0 spiro atoms. The van der Waals surface area contributed by atoms with E-state index in [2.05, 4.69) is 12.2 Å². The molecule has 0 radical (unpaired) electrons. The monoisotopic (exact) mass is 250 g/mol. The van der Waals surface area contributed by atoms with E-state index in [4.69, 9.17) is 4.74 Å². The molecule has 0 aromatic carbocycles. The second-order valence-corrected chi connectivity index (χ2v) is 4.88. The molecule has 0 amide bonds. The maximum Gasteiger partial charge on any atom is 0.330 e. The van der Waals surface area contributed by atoms with Crippen LogP contribution in [0.5, 0.6) is 0 Å². The molecule has 0 atom stereocenters. The van der Waals surface area contributed by atoms with E-state index in [0.717, 1.165) is 19.3 Å². The van der Waals surface area contributed by atoms with E-state index >= 15 is 0 Å². The largest absolute Gasteiger partial charge is 0.463 e. The van der Waals surface area contributed by atoms with E-state index < -0.39 is 0 Å². The third-order valence-corrected chi connectivity index (χ3v) is 3.18. The Hall–Kier alpha value is -1.05. The predicted octanol–water partition coefficient (Wildman–Crippen LogP) is 4.56. The average molecular weight is 250 g/mol. The fourth-order valence-corrected chi connectivity index (χ4v) is 2.08. The number of carbonyl (C=O) groups is 1. The summed E-state index contributed by atoms with van der Waals surface area (Å²) in [4.78, 5) is 11.3. The predicted molar refractivity (Wildman–Crippen MR) is 75.4 cm³/mol. The summed E-state index contributed by atoms with van der Waals surface area (Å²) in [6.07, 6.45) is 19.9. The van der Waals surface area contributed by atoms with Crippen molar-refractivity contribution in [2.24, 2.45) is 0 Å².